The molecule has 122 valence electrons. The standard InChI is InChI=1S/C16H25N3O3/c1-16(2,22-5)11-19-15(17-3)18-10-12-6-8-13(9-7-12)14(20)21-4/h6-9H,10-11H2,1-5H3,(H2,17,18,19). The van der Waals surface area contributed by atoms with Crippen molar-refractivity contribution < 1.29 is 14.3 Å². The summed E-state index contributed by atoms with van der Waals surface area (Å²) in [5.74, 6) is 0.362. The van der Waals surface area contributed by atoms with Crippen molar-refractivity contribution in [2.24, 2.45) is 4.99 Å². The average molecular weight is 307 g/mol. The Hall–Kier alpha value is -2.08. The molecule has 0 atom stereocenters. The van der Waals surface area contributed by atoms with E-state index in [0.717, 1.165) is 5.56 Å². The molecule has 2 N–H and O–H groups in total. The molecular formula is C16H25N3O3. The van der Waals surface area contributed by atoms with Crippen LogP contribution in [0.15, 0.2) is 29.3 Å². The molecule has 1 aromatic carbocycles. The van der Waals surface area contributed by atoms with Crippen LogP contribution in [0, 0.1) is 0 Å². The van der Waals surface area contributed by atoms with Crippen LogP contribution < -0.4 is 10.6 Å². The molecule has 0 fully saturated rings. The van der Waals surface area contributed by atoms with Gasteiger partial charge >= 0.3 is 5.97 Å². The van der Waals surface area contributed by atoms with Crippen LogP contribution in [-0.2, 0) is 16.0 Å². The smallest absolute Gasteiger partial charge is 0.337 e. The van der Waals surface area contributed by atoms with Crippen molar-refractivity contribution >= 4 is 11.9 Å². The Morgan fingerprint density at radius 1 is 1.18 bits per heavy atom. The molecule has 0 aliphatic carbocycles. The highest BCUT2D eigenvalue weighted by Crippen LogP contribution is 2.06. The Labute approximate surface area is 131 Å². The molecule has 1 rings (SSSR count). The maximum absolute atomic E-state index is 11.4. The maximum atomic E-state index is 11.4. The second-order valence-corrected chi connectivity index (χ2v) is 5.43. The monoisotopic (exact) mass is 307 g/mol. The molecule has 0 aliphatic rings. The van der Waals surface area contributed by atoms with E-state index in [1.165, 1.54) is 7.11 Å². The van der Waals surface area contributed by atoms with Gasteiger partial charge in [0, 0.05) is 27.2 Å². The van der Waals surface area contributed by atoms with Crippen LogP contribution in [0.25, 0.3) is 0 Å². The third-order valence-corrected chi connectivity index (χ3v) is 3.29. The molecule has 0 aromatic heterocycles. The minimum absolute atomic E-state index is 0.264. The minimum Gasteiger partial charge on any atom is -0.465 e. The Bertz CT molecular complexity index is 510. The van der Waals surface area contributed by atoms with Gasteiger partial charge in [0.15, 0.2) is 5.96 Å². The number of aliphatic imine (C=N–C) groups is 1. The molecule has 0 heterocycles. The molecule has 0 spiro atoms. The first kappa shape index (κ1) is 18.0. The topological polar surface area (TPSA) is 72.0 Å². The van der Waals surface area contributed by atoms with Gasteiger partial charge in [-0.3, -0.25) is 4.99 Å². The number of guanidine groups is 1. The van der Waals surface area contributed by atoms with Crippen molar-refractivity contribution in [1.29, 1.82) is 0 Å². The number of nitrogens with one attached hydrogen (secondary N) is 2. The fraction of sp³-hybridized carbons (Fsp3) is 0.500. The molecule has 1 aromatic rings. The number of rotatable bonds is 6. The highest BCUT2D eigenvalue weighted by molar-refractivity contribution is 5.89. The lowest BCUT2D eigenvalue weighted by atomic mass is 10.1. The number of benzene rings is 1. The van der Waals surface area contributed by atoms with Gasteiger partial charge in [-0.15, -0.1) is 0 Å². The highest BCUT2D eigenvalue weighted by atomic mass is 16.5. The first-order valence-corrected chi connectivity index (χ1v) is 7.09. The van der Waals surface area contributed by atoms with Crippen LogP contribution >= 0.6 is 0 Å². The fourth-order valence-corrected chi connectivity index (χ4v) is 1.65. The number of hydrogen-bond donors (Lipinski definition) is 2. The number of ether oxygens (including phenoxy) is 2. The molecule has 22 heavy (non-hydrogen) atoms. The van der Waals surface area contributed by atoms with E-state index in [1.807, 2.05) is 26.0 Å². The minimum atomic E-state index is -0.334. The first-order valence-electron chi connectivity index (χ1n) is 7.09. The lowest BCUT2D eigenvalue weighted by Crippen LogP contribution is -2.45. The van der Waals surface area contributed by atoms with Crippen molar-refractivity contribution in [2.75, 3.05) is 27.8 Å². The molecule has 6 nitrogen and oxygen atoms in total. The summed E-state index contributed by atoms with van der Waals surface area (Å²) in [6, 6.07) is 7.25. The molecule has 0 unspecified atom stereocenters. The molecule has 0 radical (unpaired) electrons. The summed E-state index contributed by atoms with van der Waals surface area (Å²) < 4.78 is 10.0. The third-order valence-electron chi connectivity index (χ3n) is 3.29. The predicted molar refractivity (Wildman–Crippen MR) is 87.1 cm³/mol. The zero-order valence-corrected chi connectivity index (χ0v) is 13.9. The van der Waals surface area contributed by atoms with E-state index in [9.17, 15) is 4.79 Å². The Morgan fingerprint density at radius 3 is 2.32 bits per heavy atom. The summed E-state index contributed by atoms with van der Waals surface area (Å²) in [5, 5.41) is 6.42. The summed E-state index contributed by atoms with van der Waals surface area (Å²) in [5.41, 5.74) is 1.32. The zero-order chi connectivity index (χ0) is 16.6. The quantitative estimate of drug-likeness (QED) is 0.474. The van der Waals surface area contributed by atoms with Crippen LogP contribution in [0.4, 0.5) is 0 Å². The van der Waals surface area contributed by atoms with Gasteiger partial charge in [0.05, 0.1) is 18.3 Å². The zero-order valence-electron chi connectivity index (χ0n) is 13.9. The molecule has 0 amide bonds. The SMILES string of the molecule is CN=C(NCc1ccc(C(=O)OC)cc1)NCC(C)(C)OC. The number of nitrogens with zero attached hydrogens (tertiary/aromatic N) is 1. The summed E-state index contributed by atoms with van der Waals surface area (Å²) >= 11 is 0. The van der Waals surface area contributed by atoms with E-state index < -0.39 is 0 Å². The van der Waals surface area contributed by atoms with Gasteiger partial charge in [0.25, 0.3) is 0 Å². The van der Waals surface area contributed by atoms with Crippen molar-refractivity contribution in [3.05, 3.63) is 35.4 Å². The summed E-state index contributed by atoms with van der Waals surface area (Å²) in [6.45, 7) is 5.25. The van der Waals surface area contributed by atoms with Gasteiger partial charge in [0.2, 0.25) is 0 Å². The third kappa shape index (κ3) is 5.73. The summed E-state index contributed by atoms with van der Waals surface area (Å²) in [6.07, 6.45) is 0. The molecule has 0 aliphatic heterocycles. The normalized spacial score (nSPS) is 12.0. The van der Waals surface area contributed by atoms with Gasteiger partial charge in [0.1, 0.15) is 0 Å². The van der Waals surface area contributed by atoms with E-state index in [4.69, 9.17) is 4.74 Å². The van der Waals surface area contributed by atoms with Gasteiger partial charge in [-0.25, -0.2) is 4.79 Å². The Kier molecular flexibility index (Phi) is 6.85. The number of carbonyl (C=O) groups is 1. The van der Waals surface area contributed by atoms with E-state index in [2.05, 4.69) is 20.4 Å². The van der Waals surface area contributed by atoms with Gasteiger partial charge < -0.3 is 20.1 Å². The van der Waals surface area contributed by atoms with Crippen molar-refractivity contribution in [3.63, 3.8) is 0 Å². The van der Waals surface area contributed by atoms with Gasteiger partial charge in [-0.2, -0.15) is 0 Å². The molecular weight excluding hydrogens is 282 g/mol. The second-order valence-electron chi connectivity index (χ2n) is 5.43. The van der Waals surface area contributed by atoms with Crippen molar-refractivity contribution in [2.45, 2.75) is 26.0 Å². The van der Waals surface area contributed by atoms with Gasteiger partial charge in [-0.05, 0) is 31.5 Å². The number of hydrogen-bond acceptors (Lipinski definition) is 4. The lowest BCUT2D eigenvalue weighted by Gasteiger charge is -2.24. The van der Waals surface area contributed by atoms with Crippen molar-refractivity contribution in [3.8, 4) is 0 Å². The van der Waals surface area contributed by atoms with E-state index >= 15 is 0 Å². The largest absolute Gasteiger partial charge is 0.465 e. The Morgan fingerprint density at radius 2 is 1.82 bits per heavy atom. The molecule has 6 heteroatoms. The van der Waals surface area contributed by atoms with E-state index in [-0.39, 0.29) is 11.6 Å². The van der Waals surface area contributed by atoms with E-state index in [0.29, 0.717) is 24.6 Å². The summed E-state index contributed by atoms with van der Waals surface area (Å²) in [7, 11) is 4.77. The average Bonchev–Trinajstić information content (AvgIpc) is 2.54. The Balaban J connectivity index is 2.51. The maximum Gasteiger partial charge on any atom is 0.337 e. The number of esters is 1. The van der Waals surface area contributed by atoms with E-state index in [1.54, 1.807) is 26.3 Å². The van der Waals surface area contributed by atoms with Crippen LogP contribution in [0.1, 0.15) is 29.8 Å². The van der Waals surface area contributed by atoms with Crippen molar-refractivity contribution in [1.82, 2.24) is 10.6 Å². The highest BCUT2D eigenvalue weighted by Gasteiger charge is 2.16. The lowest BCUT2D eigenvalue weighted by molar-refractivity contribution is 0.0268. The number of carbonyl (C=O) groups excluding carboxylic acids is 1. The van der Waals surface area contributed by atoms with Crippen LogP contribution in [0.3, 0.4) is 0 Å². The molecule has 0 bridgehead atoms. The molecule has 0 saturated heterocycles. The summed E-state index contributed by atoms with van der Waals surface area (Å²) in [4.78, 5) is 15.5. The van der Waals surface area contributed by atoms with Crippen LogP contribution in [-0.4, -0.2) is 45.3 Å². The van der Waals surface area contributed by atoms with Crippen LogP contribution in [0.2, 0.25) is 0 Å². The van der Waals surface area contributed by atoms with Gasteiger partial charge in [-0.1, -0.05) is 12.1 Å². The molecule has 0 saturated carbocycles. The fourth-order valence-electron chi connectivity index (χ4n) is 1.65. The number of methoxy groups -OCH3 is 2. The predicted octanol–water partition coefficient (Wildman–Crippen LogP) is 1.56. The van der Waals surface area contributed by atoms with Crippen LogP contribution in [0.5, 0.6) is 0 Å². The second kappa shape index (κ2) is 8.38. The first-order chi connectivity index (χ1) is 10.4.